The Morgan fingerprint density at radius 2 is 0.725 bits per heavy atom. The lowest BCUT2D eigenvalue weighted by atomic mass is 9.94. The van der Waals surface area contributed by atoms with E-state index in [4.69, 9.17) is 19.4 Å². The maximum absolute atomic E-state index is 6.77. The fourth-order valence-corrected chi connectivity index (χ4v) is 7.35. The van der Waals surface area contributed by atoms with Crippen molar-refractivity contribution >= 4 is 43.5 Å². The minimum Gasteiger partial charge on any atom is -0.455 e. The second-order valence-corrected chi connectivity index (χ2v) is 12.7. The van der Waals surface area contributed by atoms with Crippen LogP contribution in [-0.4, -0.2) is 15.0 Å². The zero-order valence-corrected chi connectivity index (χ0v) is 27.5. The molecule has 0 N–H and O–H groups in total. The molecule has 0 radical (unpaired) electrons. The standard InChI is InChI=1S/C47H29N3O/c1-4-15-30(16-5-1)33-27-28-40(36-22-11-10-21-35(33)36)46-48-45(32-19-8-3-9-20-32)49-47(50-46)42-29-41-39-26-14-25-34(31-17-6-2-7-18-31)43(39)51-44(41)38-24-13-12-23-37(38)42/h1-29H. The van der Waals surface area contributed by atoms with Crippen molar-refractivity contribution in [2.45, 2.75) is 0 Å². The molecule has 0 aliphatic heterocycles. The van der Waals surface area contributed by atoms with Gasteiger partial charge in [0.05, 0.1) is 0 Å². The van der Waals surface area contributed by atoms with Crippen molar-refractivity contribution in [1.29, 1.82) is 0 Å². The third-order valence-corrected chi connectivity index (χ3v) is 9.75. The average Bonchev–Trinajstić information content (AvgIpc) is 3.60. The summed E-state index contributed by atoms with van der Waals surface area (Å²) in [6.45, 7) is 0. The summed E-state index contributed by atoms with van der Waals surface area (Å²) >= 11 is 0. The maximum atomic E-state index is 6.77. The predicted octanol–water partition coefficient (Wildman–Crippen LogP) is 12.4. The topological polar surface area (TPSA) is 51.8 Å². The summed E-state index contributed by atoms with van der Waals surface area (Å²) in [4.78, 5) is 15.6. The lowest BCUT2D eigenvalue weighted by Crippen LogP contribution is -2.01. The van der Waals surface area contributed by atoms with Crippen molar-refractivity contribution < 1.29 is 4.42 Å². The van der Waals surface area contributed by atoms with E-state index in [2.05, 4.69) is 146 Å². The van der Waals surface area contributed by atoms with Gasteiger partial charge < -0.3 is 4.42 Å². The van der Waals surface area contributed by atoms with Crippen LogP contribution >= 0.6 is 0 Å². The van der Waals surface area contributed by atoms with Gasteiger partial charge in [-0.15, -0.1) is 0 Å². The van der Waals surface area contributed by atoms with Crippen LogP contribution in [0.5, 0.6) is 0 Å². The quantitative estimate of drug-likeness (QED) is 0.186. The number of hydrogen-bond donors (Lipinski definition) is 0. The molecule has 10 rings (SSSR count). The Kier molecular flexibility index (Phi) is 6.78. The normalized spacial score (nSPS) is 11.5. The van der Waals surface area contributed by atoms with Gasteiger partial charge in [-0.1, -0.05) is 164 Å². The molecule has 0 saturated heterocycles. The monoisotopic (exact) mass is 651 g/mol. The van der Waals surface area contributed by atoms with Crippen LogP contribution in [0.3, 0.4) is 0 Å². The van der Waals surface area contributed by atoms with Gasteiger partial charge >= 0.3 is 0 Å². The smallest absolute Gasteiger partial charge is 0.164 e. The molecule has 0 aliphatic rings. The van der Waals surface area contributed by atoms with Gasteiger partial charge in [0.1, 0.15) is 11.2 Å². The molecule has 0 fully saturated rings. The number of benzene rings is 8. The Labute approximate surface area is 294 Å². The number of para-hydroxylation sites is 1. The Morgan fingerprint density at radius 1 is 0.275 bits per heavy atom. The first-order chi connectivity index (χ1) is 25.3. The molecule has 0 unspecified atom stereocenters. The molecular weight excluding hydrogens is 623 g/mol. The highest BCUT2D eigenvalue weighted by Gasteiger charge is 2.21. The van der Waals surface area contributed by atoms with Crippen molar-refractivity contribution in [3.8, 4) is 56.4 Å². The molecule has 0 spiro atoms. The summed E-state index contributed by atoms with van der Waals surface area (Å²) in [7, 11) is 0. The fourth-order valence-electron chi connectivity index (χ4n) is 7.35. The van der Waals surface area contributed by atoms with Crippen LogP contribution < -0.4 is 0 Å². The Balaban J connectivity index is 1.25. The van der Waals surface area contributed by atoms with Gasteiger partial charge in [-0.25, -0.2) is 15.0 Å². The highest BCUT2D eigenvalue weighted by molar-refractivity contribution is 6.20. The third kappa shape index (κ3) is 4.88. The van der Waals surface area contributed by atoms with Gasteiger partial charge in [0, 0.05) is 38.4 Å². The molecule has 10 aromatic rings. The summed E-state index contributed by atoms with van der Waals surface area (Å²) < 4.78 is 6.77. The van der Waals surface area contributed by atoms with Gasteiger partial charge in [-0.2, -0.15) is 0 Å². The van der Waals surface area contributed by atoms with Crippen LogP contribution in [0.2, 0.25) is 0 Å². The van der Waals surface area contributed by atoms with Crippen LogP contribution in [-0.2, 0) is 0 Å². The molecule has 4 heteroatoms. The minimum atomic E-state index is 0.613. The van der Waals surface area contributed by atoms with Crippen LogP contribution in [0, 0.1) is 0 Å². The predicted molar refractivity (Wildman–Crippen MR) is 209 cm³/mol. The summed E-state index contributed by atoms with van der Waals surface area (Å²) in [6.07, 6.45) is 0. The summed E-state index contributed by atoms with van der Waals surface area (Å²) in [6, 6.07) is 60.9. The van der Waals surface area contributed by atoms with Crippen molar-refractivity contribution in [2.75, 3.05) is 0 Å². The number of nitrogens with zero attached hydrogens (tertiary/aromatic N) is 3. The van der Waals surface area contributed by atoms with Crippen LogP contribution in [0.4, 0.5) is 0 Å². The van der Waals surface area contributed by atoms with E-state index >= 15 is 0 Å². The second kappa shape index (κ2) is 11.9. The first kappa shape index (κ1) is 29.0. The first-order valence-electron chi connectivity index (χ1n) is 17.1. The molecule has 8 aromatic carbocycles. The summed E-state index contributed by atoms with van der Waals surface area (Å²) in [5, 5.41) is 6.35. The maximum Gasteiger partial charge on any atom is 0.164 e. The third-order valence-electron chi connectivity index (χ3n) is 9.75. The van der Waals surface area contributed by atoms with E-state index in [-0.39, 0.29) is 0 Å². The molecule has 0 saturated carbocycles. The van der Waals surface area contributed by atoms with E-state index < -0.39 is 0 Å². The number of aromatic nitrogens is 3. The van der Waals surface area contributed by atoms with Crippen molar-refractivity contribution in [2.24, 2.45) is 0 Å². The molecule has 51 heavy (non-hydrogen) atoms. The SMILES string of the molecule is c1ccc(-c2nc(-c3ccc(-c4ccccc4)c4ccccc34)nc(-c3cc4c5cccc(-c6ccccc6)c5oc4c4ccccc34)n2)cc1. The van der Waals surface area contributed by atoms with Crippen molar-refractivity contribution in [1.82, 2.24) is 15.0 Å². The van der Waals surface area contributed by atoms with Gasteiger partial charge in [0.15, 0.2) is 17.5 Å². The van der Waals surface area contributed by atoms with Crippen LogP contribution in [0.25, 0.3) is 99.9 Å². The summed E-state index contributed by atoms with van der Waals surface area (Å²) in [5.41, 5.74) is 9.06. The van der Waals surface area contributed by atoms with Gasteiger partial charge in [-0.05, 0) is 45.0 Å². The molecule has 2 heterocycles. The molecule has 0 aliphatic carbocycles. The Morgan fingerprint density at radius 3 is 1.39 bits per heavy atom. The highest BCUT2D eigenvalue weighted by Crippen LogP contribution is 2.43. The fraction of sp³-hybridized carbons (Fsp3) is 0. The lowest BCUT2D eigenvalue weighted by Gasteiger charge is -2.14. The zero-order chi connectivity index (χ0) is 33.7. The second-order valence-electron chi connectivity index (χ2n) is 12.7. The highest BCUT2D eigenvalue weighted by atomic mass is 16.3. The van der Waals surface area contributed by atoms with E-state index in [9.17, 15) is 0 Å². The van der Waals surface area contributed by atoms with Gasteiger partial charge in [-0.3, -0.25) is 0 Å². The molecular formula is C47H29N3O. The average molecular weight is 652 g/mol. The zero-order valence-electron chi connectivity index (χ0n) is 27.5. The van der Waals surface area contributed by atoms with Crippen LogP contribution in [0.1, 0.15) is 0 Å². The molecule has 238 valence electrons. The molecule has 4 nitrogen and oxygen atoms in total. The van der Waals surface area contributed by atoms with Crippen molar-refractivity contribution in [3.05, 3.63) is 176 Å². The van der Waals surface area contributed by atoms with E-state index in [1.807, 2.05) is 30.3 Å². The van der Waals surface area contributed by atoms with E-state index in [1.165, 1.54) is 11.1 Å². The lowest BCUT2D eigenvalue weighted by molar-refractivity contribution is 0.674. The molecule has 2 aromatic heterocycles. The number of hydrogen-bond acceptors (Lipinski definition) is 4. The molecule has 0 amide bonds. The minimum absolute atomic E-state index is 0.613. The van der Waals surface area contributed by atoms with Crippen LogP contribution in [0.15, 0.2) is 180 Å². The Bertz CT molecular complexity index is 2900. The molecule has 0 bridgehead atoms. The van der Waals surface area contributed by atoms with Gasteiger partial charge in [0.25, 0.3) is 0 Å². The largest absolute Gasteiger partial charge is 0.455 e. The first-order valence-corrected chi connectivity index (χ1v) is 17.1. The van der Waals surface area contributed by atoms with Crippen molar-refractivity contribution in [3.63, 3.8) is 0 Å². The van der Waals surface area contributed by atoms with E-state index in [0.717, 1.165) is 71.3 Å². The Hall–Kier alpha value is -6.91. The number of fused-ring (bicyclic) bond motifs is 6. The number of rotatable bonds is 5. The molecule has 0 atom stereocenters. The summed E-state index contributed by atoms with van der Waals surface area (Å²) in [5.74, 6) is 1.86. The van der Waals surface area contributed by atoms with E-state index in [1.54, 1.807) is 0 Å². The van der Waals surface area contributed by atoms with E-state index in [0.29, 0.717) is 17.5 Å². The van der Waals surface area contributed by atoms with Gasteiger partial charge in [0.2, 0.25) is 0 Å². The number of furan rings is 1.